The van der Waals surface area contributed by atoms with Crippen LogP contribution < -0.4 is 10.7 Å². The number of benzene rings is 2. The summed E-state index contributed by atoms with van der Waals surface area (Å²) in [5.74, 6) is -0.569. The highest BCUT2D eigenvalue weighted by Crippen LogP contribution is 2.20. The van der Waals surface area contributed by atoms with Gasteiger partial charge in [-0.15, -0.1) is 0 Å². The quantitative estimate of drug-likeness (QED) is 0.905. The average molecular weight is 307 g/mol. The van der Waals surface area contributed by atoms with Crippen molar-refractivity contribution in [1.29, 1.82) is 0 Å². The van der Waals surface area contributed by atoms with Crippen LogP contribution in [0.4, 0.5) is 0 Å². The van der Waals surface area contributed by atoms with Crippen molar-refractivity contribution in [3.63, 3.8) is 0 Å². The molecule has 0 bridgehead atoms. The summed E-state index contributed by atoms with van der Waals surface area (Å²) in [7, 11) is 0. The minimum Gasteiger partial charge on any atom is -0.337 e. The van der Waals surface area contributed by atoms with Crippen LogP contribution in [0.3, 0.4) is 0 Å². The van der Waals surface area contributed by atoms with E-state index in [4.69, 9.17) is 0 Å². The van der Waals surface area contributed by atoms with Crippen molar-refractivity contribution in [2.45, 2.75) is 18.4 Å². The van der Waals surface area contributed by atoms with Gasteiger partial charge in [0.05, 0.1) is 0 Å². The summed E-state index contributed by atoms with van der Waals surface area (Å²) < 4.78 is 0. The molecule has 0 saturated carbocycles. The second-order valence-corrected chi connectivity index (χ2v) is 5.52. The molecule has 23 heavy (non-hydrogen) atoms. The number of rotatable bonds is 4. The van der Waals surface area contributed by atoms with E-state index >= 15 is 0 Å². The smallest absolute Gasteiger partial charge is 0.266 e. The maximum atomic E-state index is 12.5. The van der Waals surface area contributed by atoms with Crippen LogP contribution >= 0.6 is 0 Å². The highest BCUT2D eigenvalue weighted by Gasteiger charge is 2.41. The third kappa shape index (κ3) is 3.29. The third-order valence-corrected chi connectivity index (χ3v) is 3.87. The van der Waals surface area contributed by atoms with E-state index in [2.05, 4.69) is 15.8 Å². The zero-order valence-corrected chi connectivity index (χ0v) is 12.5. The summed E-state index contributed by atoms with van der Waals surface area (Å²) in [5.41, 5.74) is 2.94. The molecule has 0 saturated heterocycles. The van der Waals surface area contributed by atoms with Crippen LogP contribution in [0.2, 0.25) is 0 Å². The molecule has 0 aliphatic carbocycles. The molecule has 0 radical (unpaired) electrons. The molecule has 116 valence electrons. The van der Waals surface area contributed by atoms with E-state index in [9.17, 15) is 9.59 Å². The number of carbonyl (C=O) groups is 2. The molecule has 0 aromatic heterocycles. The Kier molecular flexibility index (Phi) is 4.19. The molecule has 1 aliphatic heterocycles. The monoisotopic (exact) mass is 307 g/mol. The van der Waals surface area contributed by atoms with Gasteiger partial charge in [0.1, 0.15) is 5.54 Å². The predicted octanol–water partition coefficient (Wildman–Crippen LogP) is 1.90. The summed E-state index contributed by atoms with van der Waals surface area (Å²) in [6, 6.07) is 18.5. The first kappa shape index (κ1) is 15.0. The molecule has 1 aliphatic rings. The van der Waals surface area contributed by atoms with Crippen LogP contribution in [0, 0.1) is 0 Å². The molecule has 5 nitrogen and oxygen atoms in total. The van der Waals surface area contributed by atoms with E-state index in [-0.39, 0.29) is 11.8 Å². The zero-order chi connectivity index (χ0) is 16.1. The van der Waals surface area contributed by atoms with Gasteiger partial charge in [-0.2, -0.15) is 5.10 Å². The lowest BCUT2D eigenvalue weighted by Crippen LogP contribution is -2.61. The molecule has 5 heteroatoms. The molecule has 3 rings (SSSR count). The van der Waals surface area contributed by atoms with Gasteiger partial charge in [0.15, 0.2) is 0 Å². The Morgan fingerprint density at radius 1 is 1.09 bits per heavy atom. The Labute approximate surface area is 134 Å². The molecule has 1 atom stereocenters. The lowest BCUT2D eigenvalue weighted by molar-refractivity contribution is -0.127. The Morgan fingerprint density at radius 3 is 2.39 bits per heavy atom. The second-order valence-electron chi connectivity index (χ2n) is 5.52. The van der Waals surface area contributed by atoms with E-state index in [1.54, 1.807) is 30.5 Å². The van der Waals surface area contributed by atoms with Gasteiger partial charge in [-0.3, -0.25) is 9.59 Å². The van der Waals surface area contributed by atoms with E-state index in [1.807, 2.05) is 36.4 Å². The maximum absolute atomic E-state index is 12.5. The van der Waals surface area contributed by atoms with Gasteiger partial charge < -0.3 is 5.32 Å². The van der Waals surface area contributed by atoms with Crippen molar-refractivity contribution in [3.05, 3.63) is 71.8 Å². The Morgan fingerprint density at radius 2 is 1.74 bits per heavy atom. The molecule has 2 aromatic rings. The van der Waals surface area contributed by atoms with Crippen molar-refractivity contribution >= 4 is 18.0 Å². The minimum atomic E-state index is -1.03. The summed E-state index contributed by atoms with van der Waals surface area (Å²) in [4.78, 5) is 25.0. The Bertz CT molecular complexity index is 728. The first-order valence-corrected chi connectivity index (χ1v) is 7.43. The largest absolute Gasteiger partial charge is 0.337 e. The summed E-state index contributed by atoms with van der Waals surface area (Å²) in [5, 5.41) is 6.70. The third-order valence-electron chi connectivity index (χ3n) is 3.87. The first-order valence-electron chi connectivity index (χ1n) is 7.43. The van der Waals surface area contributed by atoms with Gasteiger partial charge in [0.2, 0.25) is 0 Å². The highest BCUT2D eigenvalue weighted by atomic mass is 16.2. The SMILES string of the molecule is O=C(N[C@@]1(Cc2ccccc2)CC=NNC1=O)c1ccccc1. The van der Waals surface area contributed by atoms with Crippen LogP contribution in [0.5, 0.6) is 0 Å². The van der Waals surface area contributed by atoms with Crippen LogP contribution in [0.15, 0.2) is 65.8 Å². The number of hydrazone groups is 1. The first-order chi connectivity index (χ1) is 11.2. The van der Waals surface area contributed by atoms with Crippen molar-refractivity contribution in [2.24, 2.45) is 5.10 Å². The molecular weight excluding hydrogens is 290 g/mol. The highest BCUT2D eigenvalue weighted by molar-refractivity contribution is 6.01. The van der Waals surface area contributed by atoms with E-state index in [0.29, 0.717) is 18.4 Å². The Balaban J connectivity index is 1.88. The van der Waals surface area contributed by atoms with Gasteiger partial charge >= 0.3 is 0 Å². The van der Waals surface area contributed by atoms with Gasteiger partial charge in [0.25, 0.3) is 11.8 Å². The van der Waals surface area contributed by atoms with Crippen molar-refractivity contribution in [2.75, 3.05) is 0 Å². The number of amides is 2. The molecule has 2 amide bonds. The number of carbonyl (C=O) groups excluding carboxylic acids is 2. The molecule has 2 N–H and O–H groups in total. The van der Waals surface area contributed by atoms with Crippen molar-refractivity contribution in [3.8, 4) is 0 Å². The van der Waals surface area contributed by atoms with E-state index in [0.717, 1.165) is 5.56 Å². The van der Waals surface area contributed by atoms with Crippen LogP contribution in [0.1, 0.15) is 22.3 Å². The van der Waals surface area contributed by atoms with Crippen molar-refractivity contribution in [1.82, 2.24) is 10.7 Å². The number of nitrogens with one attached hydrogen (secondary N) is 2. The predicted molar refractivity (Wildman–Crippen MR) is 88.0 cm³/mol. The van der Waals surface area contributed by atoms with Gasteiger partial charge in [-0.25, -0.2) is 5.43 Å². The Hall–Kier alpha value is -2.95. The van der Waals surface area contributed by atoms with Crippen LogP contribution in [-0.4, -0.2) is 23.6 Å². The van der Waals surface area contributed by atoms with Gasteiger partial charge in [-0.05, 0) is 17.7 Å². The summed E-state index contributed by atoms with van der Waals surface area (Å²) in [6.07, 6.45) is 2.38. The molecule has 0 spiro atoms. The molecule has 2 aromatic carbocycles. The molecule has 0 fully saturated rings. The van der Waals surface area contributed by atoms with Crippen molar-refractivity contribution < 1.29 is 9.59 Å². The molecule has 1 heterocycles. The standard InChI is InChI=1S/C18H17N3O2/c22-16(15-9-5-2-6-10-15)20-18(11-12-19-21-17(18)23)13-14-7-3-1-4-8-14/h1-10,12H,11,13H2,(H,20,22)(H,21,23)/t18-/m1/s1. The van der Waals surface area contributed by atoms with Gasteiger partial charge in [-0.1, -0.05) is 48.5 Å². The lowest BCUT2D eigenvalue weighted by Gasteiger charge is -2.33. The fourth-order valence-electron chi connectivity index (χ4n) is 2.63. The van der Waals surface area contributed by atoms with E-state index < -0.39 is 5.54 Å². The second kappa shape index (κ2) is 6.44. The molecule has 0 unspecified atom stereocenters. The minimum absolute atomic E-state index is 0.271. The van der Waals surface area contributed by atoms with E-state index in [1.165, 1.54) is 0 Å². The number of hydrogen-bond donors (Lipinski definition) is 2. The maximum Gasteiger partial charge on any atom is 0.266 e. The van der Waals surface area contributed by atoms with Crippen LogP contribution in [0.25, 0.3) is 0 Å². The fraction of sp³-hybridized carbons (Fsp3) is 0.167. The van der Waals surface area contributed by atoms with Crippen LogP contribution in [-0.2, 0) is 11.2 Å². The summed E-state index contributed by atoms with van der Waals surface area (Å²) in [6.45, 7) is 0. The normalized spacial score (nSPS) is 19.9. The average Bonchev–Trinajstić information content (AvgIpc) is 2.59. The van der Waals surface area contributed by atoms with Gasteiger partial charge in [0, 0.05) is 24.6 Å². The molecular formula is C18H17N3O2. The zero-order valence-electron chi connectivity index (χ0n) is 12.5. The number of nitrogens with zero attached hydrogens (tertiary/aromatic N) is 1. The fourth-order valence-corrected chi connectivity index (χ4v) is 2.63. The summed E-state index contributed by atoms with van der Waals surface area (Å²) >= 11 is 0. The lowest BCUT2D eigenvalue weighted by atomic mass is 9.86. The topological polar surface area (TPSA) is 70.6 Å². The number of hydrogen-bond acceptors (Lipinski definition) is 3.